The summed E-state index contributed by atoms with van der Waals surface area (Å²) in [6, 6.07) is 5.91. The number of carbonyl (C=O) groups is 1. The van der Waals surface area contributed by atoms with Crippen LogP contribution >= 0.6 is 0 Å². The van der Waals surface area contributed by atoms with Crippen LogP contribution in [0, 0.1) is 19.3 Å². The zero-order chi connectivity index (χ0) is 19.1. The lowest BCUT2D eigenvalue weighted by Gasteiger charge is -2.23. The van der Waals surface area contributed by atoms with Crippen molar-refractivity contribution < 1.29 is 9.90 Å². The van der Waals surface area contributed by atoms with Crippen LogP contribution in [0.3, 0.4) is 0 Å². The van der Waals surface area contributed by atoms with Crippen molar-refractivity contribution in [2.24, 2.45) is 5.41 Å². The molecule has 0 aliphatic heterocycles. The fourth-order valence-corrected chi connectivity index (χ4v) is 3.23. The third kappa shape index (κ3) is 3.51. The second-order valence-corrected chi connectivity index (χ2v) is 7.52. The van der Waals surface area contributed by atoms with Gasteiger partial charge in [0, 0.05) is 30.5 Å². The second kappa shape index (κ2) is 6.40. The number of carboxylic acid groups (broad SMARTS) is 1. The van der Waals surface area contributed by atoms with Crippen LogP contribution in [-0.2, 0) is 11.2 Å². The zero-order valence-electron chi connectivity index (χ0n) is 15.3. The van der Waals surface area contributed by atoms with Crippen molar-refractivity contribution in [2.75, 3.05) is 0 Å². The average molecular weight is 353 g/mol. The van der Waals surface area contributed by atoms with Gasteiger partial charge >= 0.3 is 5.56 Å². The predicted molar refractivity (Wildman–Crippen MR) is 95.2 cm³/mol. The van der Waals surface area contributed by atoms with Crippen LogP contribution in [0.2, 0.25) is 0 Å². The van der Waals surface area contributed by atoms with E-state index in [-0.39, 0.29) is 17.6 Å². The maximum absolute atomic E-state index is 12.8. The summed E-state index contributed by atoms with van der Waals surface area (Å²) in [4.78, 5) is 23.8. The van der Waals surface area contributed by atoms with E-state index >= 15 is 0 Å². The van der Waals surface area contributed by atoms with E-state index in [4.69, 9.17) is 0 Å². The fourth-order valence-electron chi connectivity index (χ4n) is 3.23. The van der Waals surface area contributed by atoms with Gasteiger partial charge in [0.15, 0.2) is 0 Å². The minimum absolute atomic E-state index is 0.0957. The molecule has 7 heteroatoms. The molecule has 0 unspecified atom stereocenters. The number of aryl methyl sites for hydroxylation is 2. The van der Waals surface area contributed by atoms with E-state index in [1.807, 2.05) is 45.9 Å². The number of rotatable bonds is 5. The molecule has 136 valence electrons. The van der Waals surface area contributed by atoms with Gasteiger partial charge in [0.1, 0.15) is 5.82 Å². The van der Waals surface area contributed by atoms with Gasteiger partial charge in [0.25, 0.3) is 0 Å². The van der Waals surface area contributed by atoms with Crippen molar-refractivity contribution in [1.29, 1.82) is 0 Å². The van der Waals surface area contributed by atoms with Crippen molar-refractivity contribution in [3.63, 3.8) is 0 Å². The molecule has 0 N–H and O–H groups in total. The fraction of sp³-hybridized carbons (Fsp3) is 0.368. The largest absolute Gasteiger partial charge is 0.550 e. The Morgan fingerprint density at radius 2 is 1.77 bits per heavy atom. The molecule has 2 heterocycles. The molecule has 0 saturated heterocycles. The molecule has 1 aromatic carbocycles. The summed E-state index contributed by atoms with van der Waals surface area (Å²) in [5.41, 5.74) is 2.30. The molecular weight excluding hydrogens is 332 g/mol. The maximum Gasteiger partial charge on any atom is 0.300 e. The van der Waals surface area contributed by atoms with Gasteiger partial charge in [-0.3, -0.25) is 13.8 Å². The minimum Gasteiger partial charge on any atom is -0.550 e. The Labute approximate surface area is 150 Å². The van der Waals surface area contributed by atoms with Crippen molar-refractivity contribution >= 4 is 11.6 Å². The van der Waals surface area contributed by atoms with Gasteiger partial charge < -0.3 is 9.90 Å². The van der Waals surface area contributed by atoms with Crippen molar-refractivity contribution in [2.45, 2.75) is 40.5 Å². The molecule has 3 aromatic rings. The smallest absolute Gasteiger partial charge is 0.300 e. The van der Waals surface area contributed by atoms with Gasteiger partial charge in [-0.25, -0.2) is 0 Å². The lowest BCUT2D eigenvalue weighted by Crippen LogP contribution is -2.30. The van der Waals surface area contributed by atoms with Crippen LogP contribution in [0.5, 0.6) is 0 Å². The SMILES string of the molecule is Cc1cc(C)cc(-n2ccn3c(CC(C)(C)CC(=O)[O-])nnc3c2=O)c1. The third-order valence-electron chi connectivity index (χ3n) is 4.29. The third-order valence-corrected chi connectivity index (χ3v) is 4.29. The second-order valence-electron chi connectivity index (χ2n) is 7.52. The number of hydrogen-bond donors (Lipinski definition) is 0. The Bertz CT molecular complexity index is 1030. The Morgan fingerprint density at radius 3 is 2.38 bits per heavy atom. The highest BCUT2D eigenvalue weighted by molar-refractivity contribution is 5.65. The number of fused-ring (bicyclic) bond motifs is 1. The van der Waals surface area contributed by atoms with Gasteiger partial charge in [0.05, 0.1) is 0 Å². The first-order valence-corrected chi connectivity index (χ1v) is 8.40. The minimum atomic E-state index is -1.11. The van der Waals surface area contributed by atoms with Crippen molar-refractivity contribution in [3.05, 3.63) is 57.9 Å². The summed E-state index contributed by atoms with van der Waals surface area (Å²) in [5.74, 6) is -0.558. The average Bonchev–Trinajstić information content (AvgIpc) is 2.88. The molecule has 7 nitrogen and oxygen atoms in total. The van der Waals surface area contributed by atoms with E-state index in [1.54, 1.807) is 21.4 Å². The first-order chi connectivity index (χ1) is 12.2. The van der Waals surface area contributed by atoms with Crippen molar-refractivity contribution in [1.82, 2.24) is 19.2 Å². The highest BCUT2D eigenvalue weighted by Crippen LogP contribution is 2.24. The number of nitrogens with zero attached hydrogens (tertiary/aromatic N) is 4. The molecule has 0 bridgehead atoms. The summed E-state index contributed by atoms with van der Waals surface area (Å²) >= 11 is 0. The van der Waals surface area contributed by atoms with Crippen molar-refractivity contribution in [3.8, 4) is 5.69 Å². The first-order valence-electron chi connectivity index (χ1n) is 8.40. The van der Waals surface area contributed by atoms with Gasteiger partial charge in [0.2, 0.25) is 5.65 Å². The first kappa shape index (κ1) is 17.8. The molecule has 0 aliphatic rings. The molecule has 26 heavy (non-hydrogen) atoms. The summed E-state index contributed by atoms with van der Waals surface area (Å²) in [7, 11) is 0. The van der Waals surface area contributed by atoms with E-state index in [2.05, 4.69) is 10.2 Å². The van der Waals surface area contributed by atoms with Crippen LogP contribution in [-0.4, -0.2) is 25.1 Å². The predicted octanol–water partition coefficient (Wildman–Crippen LogP) is 1.21. The Hall–Kier alpha value is -2.96. The topological polar surface area (TPSA) is 92.3 Å². The molecule has 0 amide bonds. The van der Waals surface area contributed by atoms with Gasteiger partial charge in [-0.15, -0.1) is 10.2 Å². The number of carbonyl (C=O) groups excluding carboxylic acids is 1. The maximum atomic E-state index is 12.8. The molecule has 0 spiro atoms. The van der Waals surface area contributed by atoms with Gasteiger partial charge in [-0.05, 0) is 48.9 Å². The van der Waals surface area contributed by atoms with E-state index in [1.165, 1.54) is 0 Å². The number of aromatic nitrogens is 4. The highest BCUT2D eigenvalue weighted by atomic mass is 16.4. The molecule has 0 saturated carbocycles. The van der Waals surface area contributed by atoms with Crippen LogP contribution in [0.4, 0.5) is 0 Å². The van der Waals surface area contributed by atoms with Crippen LogP contribution in [0.15, 0.2) is 35.4 Å². The molecule has 2 aromatic heterocycles. The Morgan fingerprint density at radius 1 is 1.12 bits per heavy atom. The van der Waals surface area contributed by atoms with Crippen LogP contribution in [0.1, 0.15) is 37.2 Å². The van der Waals surface area contributed by atoms with E-state index in [0.29, 0.717) is 12.2 Å². The summed E-state index contributed by atoms with van der Waals surface area (Å²) in [6.45, 7) is 7.60. The Balaban J connectivity index is 2.04. The lowest BCUT2D eigenvalue weighted by molar-refractivity contribution is -0.307. The zero-order valence-corrected chi connectivity index (χ0v) is 15.3. The number of carboxylic acids is 1. The highest BCUT2D eigenvalue weighted by Gasteiger charge is 2.23. The number of hydrogen-bond acceptors (Lipinski definition) is 5. The number of benzene rings is 1. The Kier molecular flexibility index (Phi) is 4.39. The monoisotopic (exact) mass is 353 g/mol. The van der Waals surface area contributed by atoms with E-state index < -0.39 is 11.4 Å². The molecular formula is C19H21N4O3-. The van der Waals surface area contributed by atoms with Gasteiger partial charge in [-0.1, -0.05) is 19.9 Å². The molecule has 0 fully saturated rings. The van der Waals surface area contributed by atoms with E-state index in [0.717, 1.165) is 16.8 Å². The number of aliphatic carboxylic acids is 1. The standard InChI is InChI=1S/C19H22N4O3/c1-12-7-13(2)9-14(8-12)22-5-6-23-15(20-21-17(23)18(22)26)10-19(3,4)11-16(24)25/h5-9H,10-11H2,1-4H3,(H,24,25)/p-1. The van der Waals surface area contributed by atoms with E-state index in [9.17, 15) is 14.7 Å². The van der Waals surface area contributed by atoms with Gasteiger partial charge in [-0.2, -0.15) is 0 Å². The molecule has 0 atom stereocenters. The normalized spacial score (nSPS) is 11.8. The van der Waals surface area contributed by atoms with Crippen LogP contribution in [0.25, 0.3) is 11.3 Å². The lowest BCUT2D eigenvalue weighted by atomic mass is 9.85. The molecule has 0 aliphatic carbocycles. The summed E-state index contributed by atoms with van der Waals surface area (Å²) in [5, 5.41) is 19.0. The quantitative estimate of drug-likeness (QED) is 0.687. The van der Waals surface area contributed by atoms with Crippen LogP contribution < -0.4 is 10.7 Å². The summed E-state index contributed by atoms with van der Waals surface area (Å²) in [6.07, 6.45) is 3.69. The molecule has 0 radical (unpaired) electrons. The summed E-state index contributed by atoms with van der Waals surface area (Å²) < 4.78 is 3.17. The molecule has 3 rings (SSSR count).